The zero-order valence-corrected chi connectivity index (χ0v) is 11.7. The summed E-state index contributed by atoms with van der Waals surface area (Å²) in [6, 6.07) is 3.90. The molecule has 20 heavy (non-hydrogen) atoms. The minimum atomic E-state index is 0.481. The lowest BCUT2D eigenvalue weighted by Crippen LogP contribution is -2.07. The monoisotopic (exact) mass is 271 g/mol. The largest absolute Gasteiger partial charge is 0.380 e. The molecule has 0 radical (unpaired) electrons. The van der Waals surface area contributed by atoms with E-state index in [1.807, 2.05) is 12.1 Å². The Hall–Kier alpha value is -1.84. The lowest BCUT2D eigenvalue weighted by Gasteiger charge is -2.20. The lowest BCUT2D eigenvalue weighted by atomic mass is 9.85. The van der Waals surface area contributed by atoms with Crippen LogP contribution in [0.15, 0.2) is 29.0 Å². The second-order valence-electron chi connectivity index (χ2n) is 5.64. The van der Waals surface area contributed by atoms with Crippen LogP contribution in [0.25, 0.3) is 11.1 Å². The number of hydrogen-bond acceptors (Lipinski definition) is 4. The Morgan fingerprint density at radius 3 is 2.65 bits per heavy atom. The molecule has 0 aromatic carbocycles. The summed E-state index contributed by atoms with van der Waals surface area (Å²) in [6.45, 7) is 0. The Bertz CT molecular complexity index is 544. The van der Waals surface area contributed by atoms with Crippen LogP contribution in [0.4, 0.5) is 5.82 Å². The first-order valence-electron chi connectivity index (χ1n) is 7.49. The van der Waals surface area contributed by atoms with Crippen LogP contribution in [0.3, 0.4) is 0 Å². The van der Waals surface area contributed by atoms with E-state index >= 15 is 0 Å². The number of pyridine rings is 1. The first-order chi connectivity index (χ1) is 9.84. The Morgan fingerprint density at radius 1 is 1.15 bits per heavy atom. The maximum Gasteiger partial charge on any atom is 0.175 e. The van der Waals surface area contributed by atoms with E-state index in [9.17, 15) is 0 Å². The summed E-state index contributed by atoms with van der Waals surface area (Å²) in [6.07, 6.45) is 12.5. The van der Waals surface area contributed by atoms with Crippen molar-refractivity contribution in [2.45, 2.75) is 44.9 Å². The maximum absolute atomic E-state index is 5.96. The Labute approximate surface area is 119 Å². The van der Waals surface area contributed by atoms with Crippen molar-refractivity contribution < 1.29 is 4.52 Å². The van der Waals surface area contributed by atoms with Gasteiger partial charge in [-0.05, 0) is 30.0 Å². The van der Waals surface area contributed by atoms with Gasteiger partial charge in [0, 0.05) is 18.8 Å². The number of hydrogen-bond donors (Lipinski definition) is 1. The first kappa shape index (κ1) is 13.2. The molecule has 0 amide bonds. The van der Waals surface area contributed by atoms with Gasteiger partial charge in [-0.2, -0.15) is 0 Å². The molecule has 0 atom stereocenters. The molecule has 2 aromatic rings. The van der Waals surface area contributed by atoms with E-state index in [2.05, 4.69) is 10.1 Å². The number of nitrogens with two attached hydrogens (primary N) is 1. The van der Waals surface area contributed by atoms with Gasteiger partial charge in [-0.3, -0.25) is 4.98 Å². The summed E-state index contributed by atoms with van der Waals surface area (Å²) in [5.41, 5.74) is 7.94. The molecule has 4 heteroatoms. The minimum absolute atomic E-state index is 0.481. The van der Waals surface area contributed by atoms with Gasteiger partial charge in [0.05, 0.1) is 5.56 Å². The van der Waals surface area contributed by atoms with Crippen molar-refractivity contribution >= 4 is 5.82 Å². The van der Waals surface area contributed by atoms with Crippen molar-refractivity contribution in [1.29, 1.82) is 0 Å². The normalized spacial score (nSPS) is 16.4. The number of aryl methyl sites for hydroxylation is 1. The zero-order valence-electron chi connectivity index (χ0n) is 11.7. The molecule has 2 heterocycles. The first-order valence-corrected chi connectivity index (χ1v) is 7.49. The van der Waals surface area contributed by atoms with Gasteiger partial charge >= 0.3 is 0 Å². The molecule has 1 fully saturated rings. The highest BCUT2D eigenvalue weighted by Crippen LogP contribution is 2.32. The highest BCUT2D eigenvalue weighted by atomic mass is 16.5. The zero-order chi connectivity index (χ0) is 13.8. The summed E-state index contributed by atoms with van der Waals surface area (Å²) >= 11 is 0. The highest BCUT2D eigenvalue weighted by Gasteiger charge is 2.19. The number of aromatic nitrogens is 2. The molecule has 1 aliphatic rings. The summed E-state index contributed by atoms with van der Waals surface area (Å²) in [4.78, 5) is 4.04. The van der Waals surface area contributed by atoms with Gasteiger partial charge in [0.1, 0.15) is 5.76 Å². The van der Waals surface area contributed by atoms with Crippen LogP contribution >= 0.6 is 0 Å². The Morgan fingerprint density at radius 2 is 1.90 bits per heavy atom. The summed E-state index contributed by atoms with van der Waals surface area (Å²) < 4.78 is 5.45. The summed E-state index contributed by atoms with van der Waals surface area (Å²) in [5.74, 6) is 2.23. The number of rotatable bonds is 4. The van der Waals surface area contributed by atoms with Crippen LogP contribution in [-0.4, -0.2) is 10.1 Å². The molecule has 0 bridgehead atoms. The molecular formula is C16H21N3O. The Balaban J connectivity index is 1.74. The average Bonchev–Trinajstić information content (AvgIpc) is 2.88. The molecule has 2 N–H and O–H groups in total. The molecule has 3 rings (SSSR count). The van der Waals surface area contributed by atoms with E-state index in [1.165, 1.54) is 38.5 Å². The number of nitrogens with zero attached hydrogens (tertiary/aromatic N) is 2. The average molecular weight is 271 g/mol. The van der Waals surface area contributed by atoms with E-state index in [-0.39, 0.29) is 0 Å². The standard InChI is InChI=1S/C16H21N3O/c17-16-15(13-8-10-18-11-9-13)14(20-19-16)7-6-12-4-2-1-3-5-12/h8-12H,1-7H2,(H2,17,19). The van der Waals surface area contributed by atoms with E-state index in [0.29, 0.717) is 5.82 Å². The molecule has 106 valence electrons. The molecule has 0 spiro atoms. The third-order valence-electron chi connectivity index (χ3n) is 4.26. The van der Waals surface area contributed by atoms with Crippen molar-refractivity contribution in [2.24, 2.45) is 5.92 Å². The molecule has 2 aromatic heterocycles. The van der Waals surface area contributed by atoms with Crippen LogP contribution in [0.2, 0.25) is 0 Å². The van der Waals surface area contributed by atoms with Crippen molar-refractivity contribution in [3.05, 3.63) is 30.3 Å². The summed E-state index contributed by atoms with van der Waals surface area (Å²) in [7, 11) is 0. The predicted octanol–water partition coefficient (Wildman–Crippen LogP) is 3.83. The van der Waals surface area contributed by atoms with Gasteiger partial charge in [-0.15, -0.1) is 0 Å². The number of nitrogen functional groups attached to an aromatic ring is 1. The molecule has 0 aliphatic heterocycles. The van der Waals surface area contributed by atoms with Crippen LogP contribution in [-0.2, 0) is 6.42 Å². The van der Waals surface area contributed by atoms with Crippen LogP contribution in [0.5, 0.6) is 0 Å². The topological polar surface area (TPSA) is 64.9 Å². The molecule has 0 saturated heterocycles. The van der Waals surface area contributed by atoms with Crippen molar-refractivity contribution in [2.75, 3.05) is 5.73 Å². The molecular weight excluding hydrogens is 250 g/mol. The van der Waals surface area contributed by atoms with E-state index in [1.54, 1.807) is 12.4 Å². The van der Waals surface area contributed by atoms with Gasteiger partial charge in [0.2, 0.25) is 0 Å². The van der Waals surface area contributed by atoms with Crippen LogP contribution < -0.4 is 5.73 Å². The molecule has 1 saturated carbocycles. The molecule has 1 aliphatic carbocycles. The second kappa shape index (κ2) is 6.07. The van der Waals surface area contributed by atoms with Crippen molar-refractivity contribution in [3.8, 4) is 11.1 Å². The third-order valence-corrected chi connectivity index (χ3v) is 4.26. The van der Waals surface area contributed by atoms with Crippen LogP contribution in [0.1, 0.15) is 44.3 Å². The maximum atomic E-state index is 5.96. The van der Waals surface area contributed by atoms with E-state index in [0.717, 1.165) is 29.2 Å². The molecule has 0 unspecified atom stereocenters. The van der Waals surface area contributed by atoms with Gasteiger partial charge < -0.3 is 10.3 Å². The van der Waals surface area contributed by atoms with Gasteiger partial charge in [-0.1, -0.05) is 37.3 Å². The fourth-order valence-corrected chi connectivity index (χ4v) is 3.15. The summed E-state index contributed by atoms with van der Waals surface area (Å²) in [5, 5.41) is 3.94. The van der Waals surface area contributed by atoms with Gasteiger partial charge in [-0.25, -0.2) is 0 Å². The third kappa shape index (κ3) is 2.84. The lowest BCUT2D eigenvalue weighted by molar-refractivity contribution is 0.318. The highest BCUT2D eigenvalue weighted by molar-refractivity contribution is 5.75. The van der Waals surface area contributed by atoms with E-state index in [4.69, 9.17) is 10.3 Å². The minimum Gasteiger partial charge on any atom is -0.380 e. The predicted molar refractivity (Wildman–Crippen MR) is 79.0 cm³/mol. The van der Waals surface area contributed by atoms with Crippen LogP contribution in [0, 0.1) is 5.92 Å². The van der Waals surface area contributed by atoms with Gasteiger partial charge in [0.25, 0.3) is 0 Å². The quantitative estimate of drug-likeness (QED) is 0.917. The Kier molecular flexibility index (Phi) is 4.00. The fourth-order valence-electron chi connectivity index (χ4n) is 3.15. The fraction of sp³-hybridized carbons (Fsp3) is 0.500. The SMILES string of the molecule is Nc1noc(CCC2CCCCC2)c1-c1ccncc1. The van der Waals surface area contributed by atoms with E-state index < -0.39 is 0 Å². The second-order valence-corrected chi connectivity index (χ2v) is 5.64. The molecule has 4 nitrogen and oxygen atoms in total. The van der Waals surface area contributed by atoms with Gasteiger partial charge in [0.15, 0.2) is 5.82 Å². The number of anilines is 1. The smallest absolute Gasteiger partial charge is 0.175 e. The van der Waals surface area contributed by atoms with Crippen molar-refractivity contribution in [3.63, 3.8) is 0 Å². The van der Waals surface area contributed by atoms with Crippen molar-refractivity contribution in [1.82, 2.24) is 10.1 Å².